The van der Waals surface area contributed by atoms with Gasteiger partial charge in [0.1, 0.15) is 6.10 Å². The Morgan fingerprint density at radius 1 is 1.26 bits per heavy atom. The van der Waals surface area contributed by atoms with Crippen LogP contribution in [0.5, 0.6) is 0 Å². The van der Waals surface area contributed by atoms with Gasteiger partial charge in [0.25, 0.3) is 0 Å². The fourth-order valence-corrected chi connectivity index (χ4v) is 3.62. The summed E-state index contributed by atoms with van der Waals surface area (Å²) in [6, 6.07) is 0. The zero-order valence-electron chi connectivity index (χ0n) is 12.1. The molecule has 5 heteroatoms. The largest absolute Gasteiger partial charge is 1.00 e. The van der Waals surface area contributed by atoms with Gasteiger partial charge in [-0.15, -0.1) is 0 Å². The van der Waals surface area contributed by atoms with Crippen LogP contribution < -0.4 is 34.7 Å². The van der Waals surface area contributed by atoms with Gasteiger partial charge in [-0.3, -0.25) is 0 Å². The van der Waals surface area contributed by atoms with Gasteiger partial charge < -0.3 is 14.6 Å². The molecule has 0 aromatic heterocycles. The fraction of sp³-hybridized carbons (Fsp3) is 0.714. The van der Waals surface area contributed by atoms with Crippen LogP contribution in [-0.2, 0) is 14.3 Å². The predicted octanol–water partition coefficient (Wildman–Crippen LogP) is -1.95. The van der Waals surface area contributed by atoms with Crippen LogP contribution in [0, 0.1) is 16.7 Å². The van der Waals surface area contributed by atoms with Crippen molar-refractivity contribution in [2.45, 2.75) is 46.1 Å². The van der Waals surface area contributed by atoms with E-state index in [1.807, 2.05) is 0 Å². The maximum Gasteiger partial charge on any atom is 1.00 e. The van der Waals surface area contributed by atoms with Gasteiger partial charge >= 0.3 is 35.5 Å². The molecule has 2 aliphatic carbocycles. The second-order valence-corrected chi connectivity index (χ2v) is 6.19. The van der Waals surface area contributed by atoms with Crippen molar-refractivity contribution >= 4 is 11.9 Å². The van der Waals surface area contributed by atoms with Crippen LogP contribution in [0.25, 0.3) is 0 Å². The van der Waals surface area contributed by atoms with E-state index >= 15 is 0 Å². The molecule has 0 spiro atoms. The summed E-state index contributed by atoms with van der Waals surface area (Å²) in [5.41, 5.74) is 0.179. The number of esters is 1. The van der Waals surface area contributed by atoms with Crippen LogP contribution in [0.3, 0.4) is 0 Å². The van der Waals surface area contributed by atoms with Gasteiger partial charge in [-0.25, -0.2) is 4.79 Å². The summed E-state index contributed by atoms with van der Waals surface area (Å²) in [4.78, 5) is 21.8. The minimum absolute atomic E-state index is 0. The number of ether oxygens (including phenoxy) is 1. The van der Waals surface area contributed by atoms with Crippen LogP contribution in [-0.4, -0.2) is 18.0 Å². The van der Waals surface area contributed by atoms with Crippen molar-refractivity contribution < 1.29 is 49.0 Å². The first-order chi connectivity index (χ1) is 8.27. The first-order valence-electron chi connectivity index (χ1n) is 6.37. The second-order valence-electron chi connectivity index (χ2n) is 6.19. The van der Waals surface area contributed by atoms with Gasteiger partial charge in [0.15, 0.2) is 0 Å². The van der Waals surface area contributed by atoms with Gasteiger partial charge in [-0.05, 0) is 36.7 Å². The fourth-order valence-electron chi connectivity index (χ4n) is 3.62. The molecule has 2 fully saturated rings. The number of fused-ring (bicyclic) bond motifs is 2. The molecule has 0 aromatic rings. The zero-order valence-corrected chi connectivity index (χ0v) is 14.1. The van der Waals surface area contributed by atoms with Crippen molar-refractivity contribution in [1.29, 1.82) is 0 Å². The summed E-state index contributed by atoms with van der Waals surface area (Å²) in [6.45, 7) is 6.63. The van der Waals surface area contributed by atoms with Crippen molar-refractivity contribution in [3.8, 4) is 0 Å². The molecule has 0 N–H and O–H groups in total. The molecule has 2 bridgehead atoms. The molecule has 0 aromatic carbocycles. The number of rotatable bonds is 3. The van der Waals surface area contributed by atoms with E-state index in [2.05, 4.69) is 20.8 Å². The molecule has 0 heterocycles. The average Bonchev–Trinajstić information content (AvgIpc) is 2.59. The van der Waals surface area contributed by atoms with Gasteiger partial charge in [0.2, 0.25) is 0 Å². The standard InChI is InChI=1S/C14H20O4.Na/c1-13(2)9-6-7-14(13,3)10(8-9)18-12(17)5-4-11(15)16;/h4-5,9-10H,6-8H2,1-3H3,(H,15,16);/q;+1/p-1. The smallest absolute Gasteiger partial charge is 0.545 e. The molecule has 0 radical (unpaired) electrons. The third-order valence-corrected chi connectivity index (χ3v) is 5.33. The quantitative estimate of drug-likeness (QED) is 0.341. The molecular weight excluding hydrogens is 255 g/mol. The number of carbonyl (C=O) groups is 2. The minimum atomic E-state index is -1.38. The molecule has 2 rings (SSSR count). The second kappa shape index (κ2) is 5.58. The Morgan fingerprint density at radius 2 is 1.89 bits per heavy atom. The van der Waals surface area contributed by atoms with E-state index in [1.165, 1.54) is 6.42 Å². The number of carbonyl (C=O) groups excluding carboxylic acids is 2. The number of carboxylic acids is 1. The summed E-state index contributed by atoms with van der Waals surface area (Å²) >= 11 is 0. The Labute approximate surface area is 135 Å². The molecule has 4 nitrogen and oxygen atoms in total. The molecule has 2 saturated carbocycles. The summed E-state index contributed by atoms with van der Waals surface area (Å²) in [5.74, 6) is -1.38. The van der Waals surface area contributed by atoms with E-state index < -0.39 is 11.9 Å². The molecular formula is C14H19NaO4. The Bertz CT molecular complexity index is 416. The average molecular weight is 274 g/mol. The first kappa shape index (κ1) is 16.7. The first-order valence-corrected chi connectivity index (χ1v) is 6.37. The summed E-state index contributed by atoms with van der Waals surface area (Å²) in [7, 11) is 0. The van der Waals surface area contributed by atoms with E-state index in [-0.39, 0.29) is 46.5 Å². The van der Waals surface area contributed by atoms with E-state index in [1.54, 1.807) is 0 Å². The van der Waals surface area contributed by atoms with Crippen molar-refractivity contribution in [2.24, 2.45) is 16.7 Å². The predicted molar refractivity (Wildman–Crippen MR) is 63.3 cm³/mol. The topological polar surface area (TPSA) is 66.4 Å². The monoisotopic (exact) mass is 274 g/mol. The SMILES string of the molecule is CC1(C)C2CCC1(C)C(OC(=O)C=CC(=O)[O-])C2.[Na+]. The van der Waals surface area contributed by atoms with Gasteiger partial charge in [-0.1, -0.05) is 20.8 Å². The Balaban J connectivity index is 0.00000180. The van der Waals surface area contributed by atoms with Crippen molar-refractivity contribution in [1.82, 2.24) is 0 Å². The van der Waals surface area contributed by atoms with Crippen LogP contribution >= 0.6 is 0 Å². The van der Waals surface area contributed by atoms with Gasteiger partial charge in [-0.2, -0.15) is 0 Å². The molecule has 0 amide bonds. The van der Waals surface area contributed by atoms with E-state index in [9.17, 15) is 14.7 Å². The Kier molecular flexibility index (Phi) is 4.92. The molecule has 0 saturated heterocycles. The van der Waals surface area contributed by atoms with Crippen molar-refractivity contribution in [3.63, 3.8) is 0 Å². The molecule has 100 valence electrons. The number of carboxylic acid groups (broad SMARTS) is 1. The molecule has 3 unspecified atom stereocenters. The van der Waals surface area contributed by atoms with Crippen LogP contribution in [0.1, 0.15) is 40.0 Å². The van der Waals surface area contributed by atoms with Crippen LogP contribution in [0.15, 0.2) is 12.2 Å². The van der Waals surface area contributed by atoms with E-state index in [0.29, 0.717) is 12.0 Å². The van der Waals surface area contributed by atoms with Crippen LogP contribution in [0.2, 0.25) is 0 Å². The molecule has 2 aliphatic rings. The number of hydrogen-bond acceptors (Lipinski definition) is 4. The normalized spacial score (nSPS) is 35.1. The number of aliphatic carboxylic acids is 1. The van der Waals surface area contributed by atoms with E-state index in [0.717, 1.165) is 18.9 Å². The third kappa shape index (κ3) is 2.76. The van der Waals surface area contributed by atoms with Crippen molar-refractivity contribution in [3.05, 3.63) is 12.2 Å². The Morgan fingerprint density at radius 3 is 2.32 bits per heavy atom. The number of hydrogen-bond donors (Lipinski definition) is 0. The molecule has 3 atom stereocenters. The molecule has 19 heavy (non-hydrogen) atoms. The van der Waals surface area contributed by atoms with Crippen molar-refractivity contribution in [2.75, 3.05) is 0 Å². The zero-order chi connectivity index (χ0) is 13.6. The third-order valence-electron chi connectivity index (χ3n) is 5.33. The summed E-state index contributed by atoms with van der Waals surface area (Å²) in [6.07, 6.45) is 4.67. The minimum Gasteiger partial charge on any atom is -0.545 e. The summed E-state index contributed by atoms with van der Waals surface area (Å²) < 4.78 is 5.42. The van der Waals surface area contributed by atoms with Crippen LogP contribution in [0.4, 0.5) is 0 Å². The van der Waals surface area contributed by atoms with E-state index in [4.69, 9.17) is 4.74 Å². The van der Waals surface area contributed by atoms with Gasteiger partial charge in [0.05, 0.1) is 5.97 Å². The maximum atomic E-state index is 11.5. The maximum absolute atomic E-state index is 11.5. The van der Waals surface area contributed by atoms with Gasteiger partial charge in [0, 0.05) is 11.5 Å². The summed E-state index contributed by atoms with van der Waals surface area (Å²) in [5, 5.41) is 10.2. The molecule has 0 aliphatic heterocycles. The Hall–Kier alpha value is -0.320.